The van der Waals surface area contributed by atoms with Crippen LogP contribution >= 0.6 is 22.9 Å². The second-order valence-corrected chi connectivity index (χ2v) is 9.15. The third-order valence-corrected chi connectivity index (χ3v) is 6.92. The van der Waals surface area contributed by atoms with Gasteiger partial charge in [-0.25, -0.2) is 9.38 Å². The molecule has 0 aliphatic heterocycles. The molecule has 5 aromatic rings. The zero-order valence-corrected chi connectivity index (χ0v) is 18.7. The molecule has 150 valence electrons. The van der Waals surface area contributed by atoms with Crippen molar-refractivity contribution in [1.82, 2.24) is 14.0 Å². The van der Waals surface area contributed by atoms with E-state index in [2.05, 4.69) is 49.4 Å². The molecule has 3 aromatic heterocycles. The van der Waals surface area contributed by atoms with Crippen LogP contribution in [0.1, 0.15) is 28.1 Å². The summed E-state index contributed by atoms with van der Waals surface area (Å²) in [5.74, 6) is 0. The summed E-state index contributed by atoms with van der Waals surface area (Å²) < 4.78 is 4.60. The molecule has 0 N–H and O–H groups in total. The van der Waals surface area contributed by atoms with Crippen molar-refractivity contribution in [2.45, 2.75) is 27.7 Å². The van der Waals surface area contributed by atoms with Crippen LogP contribution in [-0.4, -0.2) is 14.0 Å². The van der Waals surface area contributed by atoms with Gasteiger partial charge in [0.2, 0.25) is 0 Å². The van der Waals surface area contributed by atoms with E-state index in [9.17, 15) is 4.79 Å². The van der Waals surface area contributed by atoms with Crippen LogP contribution in [-0.2, 0) is 0 Å². The zero-order valence-electron chi connectivity index (χ0n) is 17.2. The lowest BCUT2D eigenvalue weighted by Gasteiger charge is -2.09. The van der Waals surface area contributed by atoms with Gasteiger partial charge in [-0.1, -0.05) is 22.9 Å². The Balaban J connectivity index is 1.69. The van der Waals surface area contributed by atoms with E-state index < -0.39 is 0 Å². The van der Waals surface area contributed by atoms with E-state index in [-0.39, 0.29) is 5.56 Å². The number of imidazole rings is 1. The number of benzene rings is 2. The Kier molecular flexibility index (Phi) is 4.34. The number of hydrogen-bond acceptors (Lipinski definition) is 3. The first-order chi connectivity index (χ1) is 14.3. The van der Waals surface area contributed by atoms with Crippen molar-refractivity contribution in [3.8, 4) is 5.69 Å². The van der Waals surface area contributed by atoms with Gasteiger partial charge in [0, 0.05) is 22.1 Å². The van der Waals surface area contributed by atoms with Crippen molar-refractivity contribution in [1.29, 1.82) is 0 Å². The topological polar surface area (TPSA) is 39.3 Å². The lowest BCUT2D eigenvalue weighted by atomic mass is 10.1. The van der Waals surface area contributed by atoms with Gasteiger partial charge in [-0.05, 0) is 92.9 Å². The standard InChI is InChI=1S/C24H20ClN3OS/c1-13-9-20-21(10-14(13)2)28-23(29)22(30-24(28)26-20)12-17-11-15(3)27(16(17)4)19-7-5-18(25)6-8-19/h5-12H,1-4H3/b22-12+. The summed E-state index contributed by atoms with van der Waals surface area (Å²) in [6, 6.07) is 14.0. The maximum atomic E-state index is 13.2. The van der Waals surface area contributed by atoms with Crippen molar-refractivity contribution >= 4 is 45.0 Å². The number of aromatic nitrogens is 3. The van der Waals surface area contributed by atoms with Crippen LogP contribution in [0.15, 0.2) is 47.3 Å². The Morgan fingerprint density at radius 1 is 1.00 bits per heavy atom. The van der Waals surface area contributed by atoms with Crippen molar-refractivity contribution in [2.75, 3.05) is 0 Å². The first-order valence-electron chi connectivity index (χ1n) is 9.72. The maximum absolute atomic E-state index is 13.2. The summed E-state index contributed by atoms with van der Waals surface area (Å²) in [6.07, 6.45) is 1.98. The molecule has 30 heavy (non-hydrogen) atoms. The fourth-order valence-electron chi connectivity index (χ4n) is 3.98. The molecule has 0 spiro atoms. The molecule has 0 fully saturated rings. The SMILES string of the molecule is Cc1cc2nc3s/c(=C/c4cc(C)n(-c5ccc(Cl)cc5)c4C)c(=O)n3c2cc1C. The summed E-state index contributed by atoms with van der Waals surface area (Å²) in [5.41, 5.74) is 8.33. The van der Waals surface area contributed by atoms with Crippen LogP contribution in [0.3, 0.4) is 0 Å². The average molecular weight is 434 g/mol. The number of halogens is 1. The number of hydrogen-bond donors (Lipinski definition) is 0. The van der Waals surface area contributed by atoms with Gasteiger partial charge in [0.1, 0.15) is 0 Å². The van der Waals surface area contributed by atoms with Gasteiger partial charge in [0.05, 0.1) is 15.6 Å². The monoisotopic (exact) mass is 433 g/mol. The van der Waals surface area contributed by atoms with Crippen molar-refractivity contribution < 1.29 is 0 Å². The van der Waals surface area contributed by atoms with E-state index in [0.29, 0.717) is 9.55 Å². The predicted octanol–water partition coefficient (Wildman–Crippen LogP) is 5.13. The summed E-state index contributed by atoms with van der Waals surface area (Å²) in [7, 11) is 0. The van der Waals surface area contributed by atoms with Gasteiger partial charge in [-0.2, -0.15) is 0 Å². The van der Waals surface area contributed by atoms with E-state index in [1.165, 1.54) is 16.9 Å². The Morgan fingerprint density at radius 3 is 2.43 bits per heavy atom. The largest absolute Gasteiger partial charge is 0.318 e. The van der Waals surface area contributed by atoms with Crippen molar-refractivity contribution in [3.63, 3.8) is 0 Å². The van der Waals surface area contributed by atoms with Crippen LogP contribution in [0.25, 0.3) is 27.8 Å². The number of nitrogens with zero attached hydrogens (tertiary/aromatic N) is 3. The van der Waals surface area contributed by atoms with Crippen molar-refractivity contribution in [3.05, 3.63) is 90.5 Å². The van der Waals surface area contributed by atoms with Crippen LogP contribution in [0, 0.1) is 27.7 Å². The fraction of sp³-hybridized carbons (Fsp3) is 0.167. The van der Waals surface area contributed by atoms with Crippen LogP contribution in [0.4, 0.5) is 0 Å². The molecule has 0 atom stereocenters. The van der Waals surface area contributed by atoms with Gasteiger partial charge >= 0.3 is 0 Å². The molecule has 5 rings (SSSR count). The third kappa shape index (κ3) is 2.89. The fourth-order valence-corrected chi connectivity index (χ4v) is 5.08. The normalized spacial score (nSPS) is 12.5. The first kappa shape index (κ1) is 19.1. The van der Waals surface area contributed by atoms with Crippen LogP contribution < -0.4 is 10.1 Å². The molecule has 0 saturated heterocycles. The molecule has 0 aliphatic carbocycles. The third-order valence-electron chi connectivity index (χ3n) is 5.70. The van der Waals surface area contributed by atoms with Gasteiger partial charge < -0.3 is 4.57 Å². The minimum absolute atomic E-state index is 0.0166. The van der Waals surface area contributed by atoms with E-state index >= 15 is 0 Å². The molecular weight excluding hydrogens is 414 g/mol. The molecular formula is C24H20ClN3OS. The summed E-state index contributed by atoms with van der Waals surface area (Å²) >= 11 is 7.47. The quantitative estimate of drug-likeness (QED) is 0.387. The Hall–Kier alpha value is -2.89. The molecule has 0 unspecified atom stereocenters. The van der Waals surface area contributed by atoms with Gasteiger partial charge in [-0.15, -0.1) is 0 Å². The lowest BCUT2D eigenvalue weighted by molar-refractivity contribution is 0.964. The Morgan fingerprint density at radius 2 is 1.70 bits per heavy atom. The van der Waals surface area contributed by atoms with Crippen molar-refractivity contribution in [2.24, 2.45) is 0 Å². The minimum Gasteiger partial charge on any atom is -0.318 e. The number of thiazole rings is 1. The number of fused-ring (bicyclic) bond motifs is 3. The highest BCUT2D eigenvalue weighted by atomic mass is 35.5. The zero-order chi connectivity index (χ0) is 21.2. The molecule has 0 aliphatic rings. The van der Waals surface area contributed by atoms with E-state index in [0.717, 1.165) is 44.2 Å². The lowest BCUT2D eigenvalue weighted by Crippen LogP contribution is -2.22. The highest BCUT2D eigenvalue weighted by Gasteiger charge is 2.14. The van der Waals surface area contributed by atoms with E-state index in [1.54, 1.807) is 4.40 Å². The Bertz CT molecular complexity index is 1550. The molecule has 3 heterocycles. The van der Waals surface area contributed by atoms with Gasteiger partial charge in [0.25, 0.3) is 5.56 Å². The predicted molar refractivity (Wildman–Crippen MR) is 125 cm³/mol. The van der Waals surface area contributed by atoms with Gasteiger partial charge in [-0.3, -0.25) is 4.79 Å². The average Bonchev–Trinajstić information content (AvgIpc) is 3.29. The van der Waals surface area contributed by atoms with Crippen LogP contribution in [0.2, 0.25) is 5.02 Å². The van der Waals surface area contributed by atoms with Crippen LogP contribution in [0.5, 0.6) is 0 Å². The first-order valence-corrected chi connectivity index (χ1v) is 10.9. The minimum atomic E-state index is -0.0166. The molecule has 6 heteroatoms. The Labute approximate surface area is 182 Å². The molecule has 4 nitrogen and oxygen atoms in total. The number of aryl methyl sites for hydroxylation is 3. The maximum Gasteiger partial charge on any atom is 0.274 e. The highest BCUT2D eigenvalue weighted by molar-refractivity contribution is 7.15. The molecule has 0 bridgehead atoms. The molecule has 0 amide bonds. The highest BCUT2D eigenvalue weighted by Crippen LogP contribution is 2.24. The molecule has 0 radical (unpaired) electrons. The molecule has 2 aromatic carbocycles. The summed E-state index contributed by atoms with van der Waals surface area (Å²) in [5, 5.41) is 0.712. The second kappa shape index (κ2) is 6.83. The number of rotatable bonds is 2. The van der Waals surface area contributed by atoms with E-state index in [1.807, 2.05) is 36.4 Å². The summed E-state index contributed by atoms with van der Waals surface area (Å²) in [6.45, 7) is 8.26. The smallest absolute Gasteiger partial charge is 0.274 e. The second-order valence-electron chi connectivity index (χ2n) is 7.71. The summed E-state index contributed by atoms with van der Waals surface area (Å²) in [4.78, 5) is 18.6. The van der Waals surface area contributed by atoms with Gasteiger partial charge in [0.15, 0.2) is 4.96 Å². The van der Waals surface area contributed by atoms with E-state index in [4.69, 9.17) is 11.6 Å². The molecule has 0 saturated carbocycles.